The third kappa shape index (κ3) is 2.44. The largest absolute Gasteiger partial charge is 0.327 e. The summed E-state index contributed by atoms with van der Waals surface area (Å²) in [6.45, 7) is 4.62. The maximum absolute atomic E-state index is 6.20. The Kier molecular flexibility index (Phi) is 3.40. The maximum atomic E-state index is 6.20. The van der Waals surface area contributed by atoms with Crippen LogP contribution >= 0.6 is 0 Å². The molecule has 2 heteroatoms. The van der Waals surface area contributed by atoms with Crippen LogP contribution in [0.3, 0.4) is 0 Å². The molecule has 1 unspecified atom stereocenters. The van der Waals surface area contributed by atoms with Crippen molar-refractivity contribution in [2.75, 3.05) is 20.1 Å². The lowest BCUT2D eigenvalue weighted by Gasteiger charge is -2.30. The van der Waals surface area contributed by atoms with E-state index < -0.39 is 0 Å². The first-order valence-electron chi connectivity index (χ1n) is 7.66. The van der Waals surface area contributed by atoms with Crippen molar-refractivity contribution in [3.63, 3.8) is 0 Å². The smallest absolute Gasteiger partial charge is 0.0108 e. The van der Waals surface area contributed by atoms with Crippen LogP contribution < -0.4 is 5.73 Å². The van der Waals surface area contributed by atoms with Gasteiger partial charge in [-0.05, 0) is 69.8 Å². The minimum Gasteiger partial charge on any atom is -0.327 e. The van der Waals surface area contributed by atoms with Gasteiger partial charge in [-0.15, -0.1) is 0 Å². The molecule has 1 aromatic carbocycles. The van der Waals surface area contributed by atoms with Gasteiger partial charge in [-0.3, -0.25) is 0 Å². The highest BCUT2D eigenvalue weighted by molar-refractivity contribution is 5.37. The summed E-state index contributed by atoms with van der Waals surface area (Å²) in [6, 6.07) is 9.57. The van der Waals surface area contributed by atoms with Crippen molar-refractivity contribution in [1.29, 1.82) is 0 Å². The van der Waals surface area contributed by atoms with Gasteiger partial charge in [0, 0.05) is 11.5 Å². The van der Waals surface area contributed by atoms with Crippen LogP contribution in [0.25, 0.3) is 0 Å². The van der Waals surface area contributed by atoms with Gasteiger partial charge in [0.25, 0.3) is 0 Å². The van der Waals surface area contributed by atoms with Gasteiger partial charge in [-0.1, -0.05) is 24.3 Å². The Morgan fingerprint density at radius 2 is 1.95 bits per heavy atom. The molecule has 2 fully saturated rings. The molecule has 19 heavy (non-hydrogen) atoms. The molecule has 2 aliphatic rings. The van der Waals surface area contributed by atoms with E-state index in [0.29, 0.717) is 5.41 Å². The van der Waals surface area contributed by atoms with E-state index in [1.807, 2.05) is 0 Å². The van der Waals surface area contributed by atoms with Crippen LogP contribution in [-0.2, 0) is 5.41 Å². The van der Waals surface area contributed by atoms with Crippen molar-refractivity contribution in [1.82, 2.24) is 4.90 Å². The van der Waals surface area contributed by atoms with Crippen LogP contribution in [0.15, 0.2) is 24.3 Å². The van der Waals surface area contributed by atoms with Crippen LogP contribution in [0.5, 0.6) is 0 Å². The number of piperidine rings is 1. The minimum absolute atomic E-state index is 0.278. The third-order valence-corrected chi connectivity index (χ3v) is 5.31. The number of nitrogens with two attached hydrogens (primary N) is 1. The molecule has 0 radical (unpaired) electrons. The first-order valence-corrected chi connectivity index (χ1v) is 7.66. The van der Waals surface area contributed by atoms with E-state index in [2.05, 4.69) is 43.1 Å². The van der Waals surface area contributed by atoms with Crippen molar-refractivity contribution in [3.8, 4) is 0 Å². The van der Waals surface area contributed by atoms with Crippen molar-refractivity contribution in [3.05, 3.63) is 35.4 Å². The van der Waals surface area contributed by atoms with E-state index in [0.717, 1.165) is 5.92 Å². The highest BCUT2D eigenvalue weighted by Crippen LogP contribution is 2.50. The summed E-state index contributed by atoms with van der Waals surface area (Å²) in [5.74, 6) is 0.750. The van der Waals surface area contributed by atoms with Gasteiger partial charge < -0.3 is 10.6 Å². The summed E-state index contributed by atoms with van der Waals surface area (Å²) in [6.07, 6.45) is 5.12. The zero-order chi connectivity index (χ0) is 13.5. The third-order valence-electron chi connectivity index (χ3n) is 5.31. The molecule has 1 saturated heterocycles. The fraction of sp³-hybridized carbons (Fsp3) is 0.647. The maximum Gasteiger partial charge on any atom is 0.0108 e. The number of likely N-dealkylation sites (tertiary alicyclic amines) is 1. The summed E-state index contributed by atoms with van der Waals surface area (Å²) in [5.41, 5.74) is 9.52. The summed E-state index contributed by atoms with van der Waals surface area (Å²) >= 11 is 0. The molecule has 1 aromatic rings. The number of hydrogen-bond acceptors (Lipinski definition) is 2. The van der Waals surface area contributed by atoms with Gasteiger partial charge in [0.15, 0.2) is 0 Å². The lowest BCUT2D eigenvalue weighted by Crippen LogP contribution is -2.32. The van der Waals surface area contributed by atoms with E-state index >= 15 is 0 Å². The fourth-order valence-corrected chi connectivity index (χ4v) is 3.59. The fourth-order valence-electron chi connectivity index (χ4n) is 3.59. The van der Waals surface area contributed by atoms with Crippen molar-refractivity contribution in [2.45, 2.75) is 50.0 Å². The molecular weight excluding hydrogens is 232 g/mol. The number of nitrogens with zero attached hydrogens (tertiary/aromatic N) is 1. The Hall–Kier alpha value is -0.860. The standard InChI is InChI=1S/C17H26N2/c1-13(18)17(8-9-17)16-5-3-4-15(12-16)14-6-10-19(2)11-7-14/h3-5,12-14H,6-11,18H2,1-2H3. The molecule has 104 valence electrons. The van der Waals surface area contributed by atoms with Crippen molar-refractivity contribution >= 4 is 0 Å². The molecule has 1 aliphatic carbocycles. The van der Waals surface area contributed by atoms with Crippen LogP contribution in [0, 0.1) is 0 Å². The van der Waals surface area contributed by atoms with Gasteiger partial charge >= 0.3 is 0 Å². The molecule has 0 bridgehead atoms. The van der Waals surface area contributed by atoms with Gasteiger partial charge in [-0.25, -0.2) is 0 Å². The van der Waals surface area contributed by atoms with Gasteiger partial charge in [0.05, 0.1) is 0 Å². The first kappa shape index (κ1) is 13.1. The molecule has 1 aliphatic heterocycles. The van der Waals surface area contributed by atoms with E-state index in [1.54, 1.807) is 0 Å². The summed E-state index contributed by atoms with van der Waals surface area (Å²) in [7, 11) is 2.22. The molecule has 1 saturated carbocycles. The molecular formula is C17H26N2. The van der Waals surface area contributed by atoms with E-state index in [-0.39, 0.29) is 6.04 Å². The second kappa shape index (κ2) is 4.92. The average Bonchev–Trinajstić information content (AvgIpc) is 3.21. The highest BCUT2D eigenvalue weighted by atomic mass is 15.1. The van der Waals surface area contributed by atoms with E-state index in [9.17, 15) is 0 Å². The molecule has 2 N–H and O–H groups in total. The lowest BCUT2D eigenvalue weighted by molar-refractivity contribution is 0.255. The van der Waals surface area contributed by atoms with Crippen LogP contribution in [-0.4, -0.2) is 31.1 Å². The summed E-state index contributed by atoms with van der Waals surface area (Å²) in [5, 5.41) is 0. The topological polar surface area (TPSA) is 29.3 Å². The molecule has 1 atom stereocenters. The number of benzene rings is 1. The monoisotopic (exact) mass is 258 g/mol. The molecule has 2 nitrogen and oxygen atoms in total. The molecule has 1 heterocycles. The Balaban J connectivity index is 1.81. The normalized spacial score (nSPS) is 25.2. The van der Waals surface area contributed by atoms with Crippen molar-refractivity contribution < 1.29 is 0 Å². The molecule has 3 rings (SSSR count). The zero-order valence-corrected chi connectivity index (χ0v) is 12.2. The number of rotatable bonds is 3. The highest BCUT2D eigenvalue weighted by Gasteiger charge is 2.47. The molecule has 0 spiro atoms. The first-order chi connectivity index (χ1) is 9.12. The average molecular weight is 258 g/mol. The Morgan fingerprint density at radius 1 is 1.26 bits per heavy atom. The minimum atomic E-state index is 0.278. The lowest BCUT2D eigenvalue weighted by atomic mass is 9.84. The van der Waals surface area contributed by atoms with Gasteiger partial charge in [0.1, 0.15) is 0 Å². The zero-order valence-electron chi connectivity index (χ0n) is 12.2. The quantitative estimate of drug-likeness (QED) is 0.903. The Morgan fingerprint density at radius 3 is 2.53 bits per heavy atom. The van der Waals surface area contributed by atoms with Gasteiger partial charge in [0.2, 0.25) is 0 Å². The SMILES string of the molecule is CC(N)C1(c2cccc(C3CCN(C)CC3)c2)CC1. The summed E-state index contributed by atoms with van der Waals surface area (Å²) in [4.78, 5) is 2.44. The number of hydrogen-bond donors (Lipinski definition) is 1. The Bertz CT molecular complexity index is 440. The second-order valence-electron chi connectivity index (χ2n) is 6.65. The van der Waals surface area contributed by atoms with Crippen LogP contribution in [0.1, 0.15) is 49.7 Å². The molecule has 0 amide bonds. The van der Waals surface area contributed by atoms with E-state index in [1.165, 1.54) is 49.9 Å². The second-order valence-corrected chi connectivity index (χ2v) is 6.65. The van der Waals surface area contributed by atoms with Crippen LogP contribution in [0.4, 0.5) is 0 Å². The predicted molar refractivity (Wildman–Crippen MR) is 80.5 cm³/mol. The van der Waals surface area contributed by atoms with Gasteiger partial charge in [-0.2, -0.15) is 0 Å². The van der Waals surface area contributed by atoms with Crippen molar-refractivity contribution in [2.24, 2.45) is 5.73 Å². The summed E-state index contributed by atoms with van der Waals surface area (Å²) < 4.78 is 0. The predicted octanol–water partition coefficient (Wildman–Crippen LogP) is 2.87. The van der Waals surface area contributed by atoms with E-state index in [4.69, 9.17) is 5.73 Å². The Labute approximate surface area is 117 Å². The van der Waals surface area contributed by atoms with Crippen LogP contribution in [0.2, 0.25) is 0 Å². The molecule has 0 aromatic heterocycles.